The molecule has 0 spiro atoms. The van der Waals surface area contributed by atoms with Crippen LogP contribution in [0.5, 0.6) is 5.75 Å². The number of unbranched alkanes of at least 4 members (excludes halogenated alkanes) is 2. The summed E-state index contributed by atoms with van der Waals surface area (Å²) < 4.78 is 12.8. The first-order valence-corrected chi connectivity index (χ1v) is 13.5. The van der Waals surface area contributed by atoms with Gasteiger partial charge in [-0.2, -0.15) is 0 Å². The summed E-state index contributed by atoms with van der Waals surface area (Å²) in [6.07, 6.45) is 16.1. The summed E-state index contributed by atoms with van der Waals surface area (Å²) in [5, 5.41) is 1.35. The number of ether oxygens (including phenoxy) is 2. The molecule has 2 nitrogen and oxygen atoms in total. The van der Waals surface area contributed by atoms with Crippen LogP contribution in [0.15, 0.2) is 90.7 Å². The largest absolute Gasteiger partial charge is 0.497 e. The Morgan fingerprint density at radius 3 is 2.63 bits per heavy atom. The second-order valence-corrected chi connectivity index (χ2v) is 10.2. The monoisotopic (exact) mass is 484 g/mol. The molecular formula is C32H36O2S. The maximum Gasteiger partial charge on any atom is 0.119 e. The van der Waals surface area contributed by atoms with Crippen molar-refractivity contribution in [2.45, 2.75) is 51.9 Å². The molecule has 1 heterocycles. The Labute approximate surface area is 214 Å². The summed E-state index contributed by atoms with van der Waals surface area (Å²) in [5.41, 5.74) is 5.33. The smallest absolute Gasteiger partial charge is 0.119 e. The molecule has 0 radical (unpaired) electrons. The highest BCUT2D eigenvalue weighted by molar-refractivity contribution is 7.20. The third kappa shape index (κ3) is 6.76. The first-order valence-electron chi connectivity index (χ1n) is 12.7. The molecule has 3 heteroatoms. The van der Waals surface area contributed by atoms with Crippen molar-refractivity contribution in [3.8, 4) is 5.75 Å². The normalized spacial score (nSPS) is 13.3. The van der Waals surface area contributed by atoms with Gasteiger partial charge in [0.2, 0.25) is 0 Å². The predicted octanol–water partition coefficient (Wildman–Crippen LogP) is 9.27. The van der Waals surface area contributed by atoms with Gasteiger partial charge in [-0.25, -0.2) is 0 Å². The zero-order valence-corrected chi connectivity index (χ0v) is 21.8. The molecule has 4 rings (SSSR count). The van der Waals surface area contributed by atoms with Crippen LogP contribution in [0.25, 0.3) is 15.7 Å². The van der Waals surface area contributed by atoms with Crippen molar-refractivity contribution >= 4 is 27.0 Å². The fourth-order valence-electron chi connectivity index (χ4n) is 4.42. The topological polar surface area (TPSA) is 18.5 Å². The van der Waals surface area contributed by atoms with Crippen LogP contribution in [0.3, 0.4) is 0 Å². The lowest BCUT2D eigenvalue weighted by molar-refractivity contribution is 0.307. The Balaban J connectivity index is 1.46. The van der Waals surface area contributed by atoms with E-state index in [2.05, 4.69) is 86.3 Å². The van der Waals surface area contributed by atoms with Crippen molar-refractivity contribution in [2.75, 3.05) is 13.7 Å². The minimum absolute atomic E-state index is 0.697. The second-order valence-electron chi connectivity index (χ2n) is 9.10. The summed E-state index contributed by atoms with van der Waals surface area (Å²) in [5.74, 6) is 1.82. The van der Waals surface area contributed by atoms with Crippen LogP contribution in [-0.4, -0.2) is 13.7 Å². The van der Waals surface area contributed by atoms with E-state index in [-0.39, 0.29) is 0 Å². The van der Waals surface area contributed by atoms with E-state index in [9.17, 15) is 0 Å². The van der Waals surface area contributed by atoms with Crippen molar-refractivity contribution in [3.63, 3.8) is 0 Å². The van der Waals surface area contributed by atoms with E-state index >= 15 is 0 Å². The SMILES string of the molecule is C=C(CCCCC)CCOc1ccc(Cc2c(C3=CC=C(OC)C=CC3)sc3ccccc23)cc1. The predicted molar refractivity (Wildman–Crippen MR) is 151 cm³/mol. The van der Waals surface area contributed by atoms with Crippen molar-refractivity contribution in [1.82, 2.24) is 0 Å². The highest BCUT2D eigenvalue weighted by Crippen LogP contribution is 2.39. The Hall–Kier alpha value is -3.04. The lowest BCUT2D eigenvalue weighted by atomic mass is 9.97. The van der Waals surface area contributed by atoms with Gasteiger partial charge in [-0.05, 0) is 78.1 Å². The van der Waals surface area contributed by atoms with Gasteiger partial charge in [0.25, 0.3) is 0 Å². The number of allylic oxidation sites excluding steroid dienone is 5. The molecule has 0 saturated carbocycles. The van der Waals surface area contributed by atoms with Crippen LogP contribution >= 0.6 is 11.3 Å². The molecule has 0 N–H and O–H groups in total. The Kier molecular flexibility index (Phi) is 9.02. The zero-order chi connectivity index (χ0) is 24.5. The fourth-order valence-corrected chi connectivity index (χ4v) is 5.67. The molecule has 0 atom stereocenters. The first-order chi connectivity index (χ1) is 17.2. The van der Waals surface area contributed by atoms with Gasteiger partial charge in [0, 0.05) is 16.0 Å². The maximum atomic E-state index is 6.00. The van der Waals surface area contributed by atoms with Crippen LogP contribution in [0.4, 0.5) is 0 Å². The third-order valence-electron chi connectivity index (χ3n) is 6.46. The number of benzene rings is 2. The molecule has 1 aromatic heterocycles. The molecule has 0 aliphatic heterocycles. The summed E-state index contributed by atoms with van der Waals surface area (Å²) in [6, 6.07) is 17.3. The second kappa shape index (κ2) is 12.6. The number of hydrogen-bond donors (Lipinski definition) is 0. The molecule has 182 valence electrons. The Morgan fingerprint density at radius 2 is 1.83 bits per heavy atom. The fraction of sp³-hybridized carbons (Fsp3) is 0.312. The van der Waals surface area contributed by atoms with E-state index in [1.165, 1.54) is 56.5 Å². The molecule has 0 fully saturated rings. The average Bonchev–Trinajstić information content (AvgIpc) is 3.06. The number of fused-ring (bicyclic) bond motifs is 1. The van der Waals surface area contributed by atoms with E-state index in [1.807, 2.05) is 11.3 Å². The van der Waals surface area contributed by atoms with Gasteiger partial charge in [-0.1, -0.05) is 74.4 Å². The van der Waals surface area contributed by atoms with Crippen LogP contribution in [0.1, 0.15) is 61.5 Å². The van der Waals surface area contributed by atoms with E-state index in [1.54, 1.807) is 7.11 Å². The van der Waals surface area contributed by atoms with Gasteiger partial charge in [-0.15, -0.1) is 11.3 Å². The van der Waals surface area contributed by atoms with Gasteiger partial charge < -0.3 is 9.47 Å². The Bertz CT molecular complexity index is 1220. The van der Waals surface area contributed by atoms with Crippen LogP contribution < -0.4 is 4.74 Å². The van der Waals surface area contributed by atoms with Crippen molar-refractivity contribution in [1.29, 1.82) is 0 Å². The standard InChI is InChI=1S/C32H36O2S/c1-4-5-6-10-24(2)21-22-34-28-18-15-25(16-19-28)23-30-29-13-7-8-14-31(29)35-32(30)26-11-9-12-27(33-3)20-17-26/h7-9,12-20H,2,4-6,10-11,21-23H2,1,3H3. The van der Waals surface area contributed by atoms with Gasteiger partial charge in [0.05, 0.1) is 13.7 Å². The van der Waals surface area contributed by atoms with Gasteiger partial charge in [-0.3, -0.25) is 0 Å². The molecule has 2 aromatic carbocycles. The number of methoxy groups -OCH3 is 1. The van der Waals surface area contributed by atoms with Crippen LogP contribution in [0.2, 0.25) is 0 Å². The van der Waals surface area contributed by atoms with Crippen molar-refractivity contribution in [3.05, 3.63) is 107 Å². The highest BCUT2D eigenvalue weighted by atomic mass is 32.1. The van der Waals surface area contributed by atoms with E-state index in [0.717, 1.165) is 37.2 Å². The lowest BCUT2D eigenvalue weighted by Crippen LogP contribution is -1.99. The number of rotatable bonds is 12. The molecule has 1 aliphatic carbocycles. The van der Waals surface area contributed by atoms with Crippen molar-refractivity contribution in [2.24, 2.45) is 0 Å². The summed E-state index contributed by atoms with van der Waals surface area (Å²) >= 11 is 1.89. The maximum absolute atomic E-state index is 6.00. The van der Waals surface area contributed by atoms with Crippen molar-refractivity contribution < 1.29 is 9.47 Å². The quantitative estimate of drug-likeness (QED) is 0.188. The van der Waals surface area contributed by atoms with Gasteiger partial charge in [0.15, 0.2) is 0 Å². The molecule has 0 unspecified atom stereocenters. The lowest BCUT2D eigenvalue weighted by Gasteiger charge is -2.10. The first kappa shape index (κ1) is 25.1. The van der Waals surface area contributed by atoms with E-state index < -0.39 is 0 Å². The number of hydrogen-bond acceptors (Lipinski definition) is 3. The van der Waals surface area contributed by atoms with Crippen LogP contribution in [0, 0.1) is 0 Å². The van der Waals surface area contributed by atoms with E-state index in [4.69, 9.17) is 9.47 Å². The minimum Gasteiger partial charge on any atom is -0.497 e. The van der Waals surface area contributed by atoms with E-state index in [0.29, 0.717) is 6.61 Å². The highest BCUT2D eigenvalue weighted by Gasteiger charge is 2.16. The molecular weight excluding hydrogens is 448 g/mol. The number of thiophene rings is 1. The molecule has 0 amide bonds. The van der Waals surface area contributed by atoms with Gasteiger partial charge in [0.1, 0.15) is 11.5 Å². The molecule has 35 heavy (non-hydrogen) atoms. The summed E-state index contributed by atoms with van der Waals surface area (Å²) in [6.45, 7) is 7.13. The third-order valence-corrected chi connectivity index (χ3v) is 7.75. The Morgan fingerprint density at radius 1 is 1.00 bits per heavy atom. The molecule has 0 bridgehead atoms. The van der Waals surface area contributed by atoms with Gasteiger partial charge >= 0.3 is 0 Å². The minimum atomic E-state index is 0.697. The summed E-state index contributed by atoms with van der Waals surface area (Å²) in [7, 11) is 1.72. The van der Waals surface area contributed by atoms with Crippen LogP contribution in [-0.2, 0) is 11.2 Å². The molecule has 3 aromatic rings. The zero-order valence-electron chi connectivity index (χ0n) is 21.0. The summed E-state index contributed by atoms with van der Waals surface area (Å²) in [4.78, 5) is 1.37. The molecule has 0 saturated heterocycles. The molecule has 1 aliphatic rings. The average molecular weight is 485 g/mol.